The van der Waals surface area contributed by atoms with Gasteiger partial charge in [0.1, 0.15) is 17.6 Å². The zero-order valence-electron chi connectivity index (χ0n) is 18.8. The largest absolute Gasteiger partial charge is 0.353 e. The van der Waals surface area contributed by atoms with Gasteiger partial charge in [0.05, 0.1) is 6.61 Å². The molecule has 1 spiro atoms. The fraction of sp³-hybridized carbons (Fsp3) is 0.667. The second-order valence-corrected chi connectivity index (χ2v) is 9.62. The van der Waals surface area contributed by atoms with Crippen LogP contribution >= 0.6 is 0 Å². The molecule has 1 aromatic rings. The summed E-state index contributed by atoms with van der Waals surface area (Å²) in [5, 5.41) is 0. The van der Waals surface area contributed by atoms with E-state index in [9.17, 15) is 14.0 Å². The first-order chi connectivity index (χ1) is 14.8. The Balaban J connectivity index is 1.60. The first-order valence-corrected chi connectivity index (χ1v) is 11.5. The van der Waals surface area contributed by atoms with Crippen LogP contribution in [-0.2, 0) is 9.53 Å². The number of likely N-dealkylation sites (N-methyl/N-ethyl adjacent to an activating group) is 1. The fourth-order valence-electron chi connectivity index (χ4n) is 5.30. The summed E-state index contributed by atoms with van der Waals surface area (Å²) in [5.74, 6) is -0.110. The number of amides is 2. The van der Waals surface area contributed by atoms with Crippen LogP contribution in [0, 0.1) is 11.7 Å². The Bertz CT molecular complexity index is 799. The van der Waals surface area contributed by atoms with E-state index < -0.39 is 11.8 Å². The Morgan fingerprint density at radius 1 is 1.10 bits per heavy atom. The standard InChI is InChI=1S/C24H34FN3O3/c1-17-8-12-24(13-9-17)28(22(29)18-4-6-19(25)7-5-18)21(16-31-24)23(30)27(3)20-10-14-26(2)15-11-20/h4-7,17,20-21H,8-16H2,1-3H3/t17?,21-,24?/m1/s1. The number of hydrogen-bond acceptors (Lipinski definition) is 4. The van der Waals surface area contributed by atoms with Crippen LogP contribution in [0.5, 0.6) is 0 Å². The van der Waals surface area contributed by atoms with Crippen molar-refractivity contribution in [2.24, 2.45) is 5.92 Å². The van der Waals surface area contributed by atoms with Crippen LogP contribution in [-0.4, -0.2) is 78.1 Å². The molecule has 3 aliphatic rings. The van der Waals surface area contributed by atoms with E-state index in [1.807, 2.05) is 11.9 Å². The third-order valence-corrected chi connectivity index (χ3v) is 7.49. The quantitative estimate of drug-likeness (QED) is 0.738. The van der Waals surface area contributed by atoms with Crippen LogP contribution in [0.2, 0.25) is 0 Å². The number of rotatable bonds is 3. The van der Waals surface area contributed by atoms with Gasteiger partial charge in [-0.2, -0.15) is 0 Å². The molecule has 0 aromatic heterocycles. The van der Waals surface area contributed by atoms with E-state index in [-0.39, 0.29) is 30.3 Å². The maximum Gasteiger partial charge on any atom is 0.256 e. The number of carbonyl (C=O) groups is 2. The van der Waals surface area contributed by atoms with Crippen molar-refractivity contribution in [3.63, 3.8) is 0 Å². The van der Waals surface area contributed by atoms with Crippen LogP contribution in [0.4, 0.5) is 4.39 Å². The summed E-state index contributed by atoms with van der Waals surface area (Å²) < 4.78 is 19.7. The number of piperidine rings is 1. The highest BCUT2D eigenvalue weighted by atomic mass is 19.1. The molecular formula is C24H34FN3O3. The van der Waals surface area contributed by atoms with Crippen molar-refractivity contribution in [2.75, 3.05) is 33.8 Å². The zero-order valence-corrected chi connectivity index (χ0v) is 18.8. The normalized spacial score (nSPS) is 30.0. The molecule has 1 aliphatic carbocycles. The number of benzene rings is 1. The van der Waals surface area contributed by atoms with Crippen LogP contribution in [0.3, 0.4) is 0 Å². The Morgan fingerprint density at radius 2 is 1.71 bits per heavy atom. The van der Waals surface area contributed by atoms with Crippen molar-refractivity contribution >= 4 is 11.8 Å². The smallest absolute Gasteiger partial charge is 0.256 e. The highest BCUT2D eigenvalue weighted by molar-refractivity contribution is 5.98. The zero-order chi connectivity index (χ0) is 22.2. The first-order valence-electron chi connectivity index (χ1n) is 11.5. The fourth-order valence-corrected chi connectivity index (χ4v) is 5.30. The maximum atomic E-state index is 13.6. The van der Waals surface area contributed by atoms with E-state index >= 15 is 0 Å². The minimum atomic E-state index is -0.744. The number of carbonyl (C=O) groups excluding carboxylic acids is 2. The van der Waals surface area contributed by atoms with Crippen LogP contribution in [0.15, 0.2) is 24.3 Å². The van der Waals surface area contributed by atoms with Gasteiger partial charge >= 0.3 is 0 Å². The summed E-state index contributed by atoms with van der Waals surface area (Å²) in [6.07, 6.45) is 5.23. The number of nitrogens with zero attached hydrogens (tertiary/aromatic N) is 3. The minimum absolute atomic E-state index is 0.0551. The minimum Gasteiger partial charge on any atom is -0.353 e. The monoisotopic (exact) mass is 431 g/mol. The number of hydrogen-bond donors (Lipinski definition) is 0. The molecule has 6 nitrogen and oxygen atoms in total. The topological polar surface area (TPSA) is 53.1 Å². The molecule has 2 amide bonds. The molecule has 1 aromatic carbocycles. The molecule has 170 valence electrons. The van der Waals surface area contributed by atoms with Gasteiger partial charge in [-0.1, -0.05) is 6.92 Å². The van der Waals surface area contributed by atoms with Crippen molar-refractivity contribution in [3.8, 4) is 0 Å². The molecule has 1 saturated carbocycles. The molecule has 1 atom stereocenters. The van der Waals surface area contributed by atoms with Crippen LogP contribution < -0.4 is 0 Å². The molecule has 7 heteroatoms. The van der Waals surface area contributed by atoms with Crippen LogP contribution in [0.25, 0.3) is 0 Å². The van der Waals surface area contributed by atoms with Crippen molar-refractivity contribution in [2.45, 2.75) is 63.3 Å². The number of likely N-dealkylation sites (tertiary alicyclic amines) is 1. The van der Waals surface area contributed by atoms with E-state index in [4.69, 9.17) is 4.74 Å². The first kappa shape index (κ1) is 22.2. The molecule has 3 fully saturated rings. The van der Waals surface area contributed by atoms with E-state index in [1.165, 1.54) is 24.3 Å². The Morgan fingerprint density at radius 3 is 2.32 bits per heavy atom. The Labute approximate surface area is 184 Å². The molecule has 2 saturated heterocycles. The molecule has 4 rings (SSSR count). The van der Waals surface area contributed by atoms with Gasteiger partial charge in [-0.05, 0) is 88.8 Å². The molecule has 0 unspecified atom stereocenters. The third-order valence-electron chi connectivity index (χ3n) is 7.49. The third kappa shape index (κ3) is 4.35. The van der Waals surface area contributed by atoms with E-state index in [0.29, 0.717) is 11.5 Å². The molecule has 2 heterocycles. The molecular weight excluding hydrogens is 397 g/mol. The highest BCUT2D eigenvalue weighted by Crippen LogP contribution is 2.43. The Kier molecular flexibility index (Phi) is 6.35. The predicted molar refractivity (Wildman–Crippen MR) is 116 cm³/mol. The maximum absolute atomic E-state index is 13.6. The van der Waals surface area contributed by atoms with Crippen molar-refractivity contribution < 1.29 is 18.7 Å². The summed E-state index contributed by atoms with van der Waals surface area (Å²) in [6.45, 7) is 4.36. The van der Waals surface area contributed by atoms with Crippen LogP contribution in [0.1, 0.15) is 55.8 Å². The summed E-state index contributed by atoms with van der Waals surface area (Å²) in [4.78, 5) is 33.0. The molecule has 31 heavy (non-hydrogen) atoms. The van der Waals surface area contributed by atoms with Gasteiger partial charge in [0.15, 0.2) is 0 Å². The van der Waals surface area contributed by atoms with Gasteiger partial charge in [-0.3, -0.25) is 14.5 Å². The van der Waals surface area contributed by atoms with E-state index in [2.05, 4.69) is 18.9 Å². The lowest BCUT2D eigenvalue weighted by atomic mass is 9.83. The van der Waals surface area contributed by atoms with E-state index in [0.717, 1.165) is 51.6 Å². The number of halogens is 1. The van der Waals surface area contributed by atoms with E-state index in [1.54, 1.807) is 4.90 Å². The van der Waals surface area contributed by atoms with Gasteiger partial charge in [0.2, 0.25) is 5.91 Å². The lowest BCUT2D eigenvalue weighted by molar-refractivity contribution is -0.139. The SMILES string of the molecule is CC1CCC2(CC1)OC[C@H](C(=O)N(C)C1CCN(C)CC1)N2C(=O)c1ccc(F)cc1. The van der Waals surface area contributed by atoms with Gasteiger partial charge in [0, 0.05) is 18.7 Å². The van der Waals surface area contributed by atoms with Gasteiger partial charge in [-0.15, -0.1) is 0 Å². The second-order valence-electron chi connectivity index (χ2n) is 9.62. The second kappa shape index (κ2) is 8.87. The summed E-state index contributed by atoms with van der Waals surface area (Å²) in [7, 11) is 3.95. The predicted octanol–water partition coefficient (Wildman–Crippen LogP) is 3.13. The highest BCUT2D eigenvalue weighted by Gasteiger charge is 2.54. The number of ether oxygens (including phenoxy) is 1. The Hall–Kier alpha value is -1.99. The van der Waals surface area contributed by atoms with Gasteiger partial charge in [0.25, 0.3) is 5.91 Å². The summed E-state index contributed by atoms with van der Waals surface area (Å²) in [5.41, 5.74) is -0.351. The molecule has 2 aliphatic heterocycles. The summed E-state index contributed by atoms with van der Waals surface area (Å²) >= 11 is 0. The summed E-state index contributed by atoms with van der Waals surface area (Å²) in [6, 6.07) is 5.11. The lowest BCUT2D eigenvalue weighted by Gasteiger charge is -2.44. The molecule has 0 bridgehead atoms. The molecule has 0 radical (unpaired) electrons. The van der Waals surface area contributed by atoms with Crippen molar-refractivity contribution in [1.82, 2.24) is 14.7 Å². The average Bonchev–Trinajstić information content (AvgIpc) is 3.14. The average molecular weight is 432 g/mol. The molecule has 0 N–H and O–H groups in total. The van der Waals surface area contributed by atoms with Gasteiger partial charge < -0.3 is 14.5 Å². The van der Waals surface area contributed by atoms with Crippen molar-refractivity contribution in [1.29, 1.82) is 0 Å². The van der Waals surface area contributed by atoms with Crippen molar-refractivity contribution in [3.05, 3.63) is 35.6 Å². The lowest BCUT2D eigenvalue weighted by Crippen LogP contribution is -2.58. The van der Waals surface area contributed by atoms with Gasteiger partial charge in [-0.25, -0.2) is 4.39 Å².